The Kier molecular flexibility index (Phi) is 8.58. The molecule has 0 saturated carbocycles. The second-order valence-corrected chi connectivity index (χ2v) is 6.89. The third-order valence-corrected chi connectivity index (χ3v) is 4.40. The molecular formula is C20H21N3O5S. The number of ether oxygens (including phenoxy) is 1. The van der Waals surface area contributed by atoms with Gasteiger partial charge in [-0.15, -0.1) is 11.3 Å². The first kappa shape index (κ1) is 21.8. The minimum atomic E-state index is -0.891. The second-order valence-electron chi connectivity index (χ2n) is 5.86. The van der Waals surface area contributed by atoms with Crippen LogP contribution in [-0.2, 0) is 25.5 Å². The summed E-state index contributed by atoms with van der Waals surface area (Å²) in [4.78, 5) is 48.1. The monoisotopic (exact) mass is 415 g/mol. The molecule has 2 rings (SSSR count). The maximum absolute atomic E-state index is 12.2. The zero-order chi connectivity index (χ0) is 21.1. The number of benzene rings is 1. The van der Waals surface area contributed by atoms with Crippen molar-refractivity contribution in [1.82, 2.24) is 16.0 Å². The third kappa shape index (κ3) is 8.39. The van der Waals surface area contributed by atoms with Crippen LogP contribution in [0.4, 0.5) is 4.79 Å². The quantitative estimate of drug-likeness (QED) is 0.450. The number of carbonyl (C=O) groups is 4. The van der Waals surface area contributed by atoms with Gasteiger partial charge in [0.15, 0.2) is 6.61 Å². The van der Waals surface area contributed by atoms with E-state index in [0.717, 1.165) is 4.88 Å². The Morgan fingerprint density at radius 3 is 2.45 bits per heavy atom. The minimum Gasteiger partial charge on any atom is -0.451 e. The fraction of sp³-hybridized carbons (Fsp3) is 0.200. The van der Waals surface area contributed by atoms with Crippen LogP contribution in [0.15, 0.2) is 53.5 Å². The average Bonchev–Trinajstić information content (AvgIpc) is 3.19. The number of rotatable bonds is 8. The molecule has 0 aliphatic rings. The lowest BCUT2D eigenvalue weighted by molar-refractivity contribution is -0.145. The smallest absolute Gasteiger partial charge is 0.355 e. The van der Waals surface area contributed by atoms with Crippen molar-refractivity contribution in [3.8, 4) is 0 Å². The van der Waals surface area contributed by atoms with Gasteiger partial charge in [0, 0.05) is 18.3 Å². The largest absolute Gasteiger partial charge is 0.451 e. The standard InChI is InChI=1S/C20H21N3O5S/c1-14(24)22-17(12-15-6-3-2-4-7-15)19(26)28-13-18(25)23-20(27)21-10-9-16-8-5-11-29-16/h2-8,11-12H,9-10,13H2,1H3,(H,22,24)(H2,21,23,25,27)/b17-12-. The lowest BCUT2D eigenvalue weighted by Gasteiger charge is -2.09. The van der Waals surface area contributed by atoms with E-state index in [9.17, 15) is 19.2 Å². The molecule has 0 fully saturated rings. The van der Waals surface area contributed by atoms with E-state index in [1.165, 1.54) is 13.0 Å². The maximum atomic E-state index is 12.2. The molecule has 0 unspecified atom stereocenters. The number of imide groups is 1. The highest BCUT2D eigenvalue weighted by Gasteiger charge is 2.16. The fourth-order valence-corrected chi connectivity index (χ4v) is 2.93. The highest BCUT2D eigenvalue weighted by molar-refractivity contribution is 7.09. The maximum Gasteiger partial charge on any atom is 0.355 e. The Morgan fingerprint density at radius 2 is 1.79 bits per heavy atom. The van der Waals surface area contributed by atoms with Crippen molar-refractivity contribution in [2.24, 2.45) is 0 Å². The number of esters is 1. The fourth-order valence-electron chi connectivity index (χ4n) is 2.22. The van der Waals surface area contributed by atoms with Crippen LogP contribution in [0.3, 0.4) is 0 Å². The van der Waals surface area contributed by atoms with Gasteiger partial charge in [-0.25, -0.2) is 9.59 Å². The minimum absolute atomic E-state index is 0.114. The number of hydrogen-bond acceptors (Lipinski definition) is 6. The predicted octanol–water partition coefficient (Wildman–Crippen LogP) is 1.84. The summed E-state index contributed by atoms with van der Waals surface area (Å²) in [5, 5.41) is 8.93. The van der Waals surface area contributed by atoms with Crippen LogP contribution in [0.25, 0.3) is 6.08 Å². The van der Waals surface area contributed by atoms with Gasteiger partial charge in [-0.1, -0.05) is 36.4 Å². The summed E-state index contributed by atoms with van der Waals surface area (Å²) in [5.41, 5.74) is 0.555. The molecule has 0 radical (unpaired) electrons. The van der Waals surface area contributed by atoms with Gasteiger partial charge in [-0.2, -0.15) is 0 Å². The first-order chi connectivity index (χ1) is 13.9. The van der Waals surface area contributed by atoms with Gasteiger partial charge in [0.05, 0.1) is 0 Å². The predicted molar refractivity (Wildman–Crippen MR) is 109 cm³/mol. The molecular weight excluding hydrogens is 394 g/mol. The molecule has 8 nitrogen and oxygen atoms in total. The summed E-state index contributed by atoms with van der Waals surface area (Å²) >= 11 is 1.58. The molecule has 152 valence electrons. The van der Waals surface area contributed by atoms with Gasteiger partial charge < -0.3 is 15.4 Å². The molecule has 0 spiro atoms. The van der Waals surface area contributed by atoms with E-state index in [-0.39, 0.29) is 5.70 Å². The van der Waals surface area contributed by atoms with Crippen molar-refractivity contribution in [3.05, 3.63) is 64.0 Å². The van der Waals surface area contributed by atoms with Crippen LogP contribution in [0.5, 0.6) is 0 Å². The summed E-state index contributed by atoms with van der Waals surface area (Å²) in [7, 11) is 0. The summed E-state index contributed by atoms with van der Waals surface area (Å²) in [5.74, 6) is -2.13. The van der Waals surface area contributed by atoms with Crippen LogP contribution in [0, 0.1) is 0 Å². The number of nitrogens with one attached hydrogen (secondary N) is 3. The Labute approximate surface area is 171 Å². The van der Waals surface area contributed by atoms with E-state index >= 15 is 0 Å². The van der Waals surface area contributed by atoms with E-state index in [0.29, 0.717) is 18.5 Å². The van der Waals surface area contributed by atoms with E-state index in [1.807, 2.05) is 23.6 Å². The number of hydrogen-bond donors (Lipinski definition) is 3. The summed E-state index contributed by atoms with van der Waals surface area (Å²) in [6.07, 6.45) is 2.08. The summed E-state index contributed by atoms with van der Waals surface area (Å²) in [6.45, 7) is 0.953. The molecule has 1 aromatic carbocycles. The van der Waals surface area contributed by atoms with E-state index in [4.69, 9.17) is 4.74 Å². The molecule has 4 amide bonds. The molecule has 0 aliphatic carbocycles. The molecule has 0 bridgehead atoms. The topological polar surface area (TPSA) is 114 Å². The number of urea groups is 1. The Hall–Kier alpha value is -3.46. The van der Waals surface area contributed by atoms with Crippen molar-refractivity contribution in [2.45, 2.75) is 13.3 Å². The van der Waals surface area contributed by atoms with Gasteiger partial charge in [0.25, 0.3) is 5.91 Å². The molecule has 1 heterocycles. The molecule has 9 heteroatoms. The van der Waals surface area contributed by atoms with Gasteiger partial charge in [-0.05, 0) is 29.5 Å². The number of amides is 4. The number of thiophene rings is 1. The van der Waals surface area contributed by atoms with Crippen LogP contribution in [0.2, 0.25) is 0 Å². The summed E-state index contributed by atoms with van der Waals surface area (Å²) in [6, 6.07) is 12.0. The van der Waals surface area contributed by atoms with E-state index in [1.54, 1.807) is 35.6 Å². The Bertz CT molecular complexity index is 879. The summed E-state index contributed by atoms with van der Waals surface area (Å²) < 4.78 is 4.89. The van der Waals surface area contributed by atoms with Crippen molar-refractivity contribution < 1.29 is 23.9 Å². The first-order valence-corrected chi connectivity index (χ1v) is 9.63. The van der Waals surface area contributed by atoms with Gasteiger partial charge in [0.1, 0.15) is 5.70 Å². The molecule has 0 aliphatic heterocycles. The van der Waals surface area contributed by atoms with Crippen LogP contribution < -0.4 is 16.0 Å². The third-order valence-electron chi connectivity index (χ3n) is 3.47. The van der Waals surface area contributed by atoms with Gasteiger partial charge in [0.2, 0.25) is 5.91 Å². The first-order valence-electron chi connectivity index (χ1n) is 8.75. The highest BCUT2D eigenvalue weighted by Crippen LogP contribution is 2.08. The molecule has 3 N–H and O–H groups in total. The average molecular weight is 415 g/mol. The van der Waals surface area contributed by atoms with Crippen molar-refractivity contribution in [2.75, 3.05) is 13.2 Å². The Balaban J connectivity index is 1.80. The zero-order valence-corrected chi connectivity index (χ0v) is 16.6. The van der Waals surface area contributed by atoms with Crippen molar-refractivity contribution in [3.63, 3.8) is 0 Å². The lowest BCUT2D eigenvalue weighted by Crippen LogP contribution is -2.42. The normalized spacial score (nSPS) is 10.7. The van der Waals surface area contributed by atoms with Gasteiger partial charge >= 0.3 is 12.0 Å². The van der Waals surface area contributed by atoms with E-state index in [2.05, 4.69) is 16.0 Å². The van der Waals surface area contributed by atoms with Crippen LogP contribution in [0.1, 0.15) is 17.4 Å². The Morgan fingerprint density at radius 1 is 1.03 bits per heavy atom. The van der Waals surface area contributed by atoms with Gasteiger partial charge in [-0.3, -0.25) is 14.9 Å². The van der Waals surface area contributed by atoms with Crippen molar-refractivity contribution in [1.29, 1.82) is 0 Å². The molecule has 1 aromatic heterocycles. The molecule has 0 atom stereocenters. The van der Waals surface area contributed by atoms with E-state index < -0.39 is 30.4 Å². The molecule has 2 aromatic rings. The lowest BCUT2D eigenvalue weighted by atomic mass is 10.2. The van der Waals surface area contributed by atoms with Crippen LogP contribution >= 0.6 is 11.3 Å². The van der Waals surface area contributed by atoms with Crippen molar-refractivity contribution >= 4 is 41.2 Å². The zero-order valence-electron chi connectivity index (χ0n) is 15.8. The molecule has 29 heavy (non-hydrogen) atoms. The SMILES string of the molecule is CC(=O)N/C(=C\c1ccccc1)C(=O)OCC(=O)NC(=O)NCCc1cccs1. The van der Waals surface area contributed by atoms with Crippen LogP contribution in [-0.4, -0.2) is 37.0 Å². The number of carbonyl (C=O) groups excluding carboxylic acids is 4. The second kappa shape index (κ2) is 11.4. The molecule has 0 saturated heterocycles. The highest BCUT2D eigenvalue weighted by atomic mass is 32.1.